The maximum absolute atomic E-state index is 13.4. The van der Waals surface area contributed by atoms with Gasteiger partial charge in [-0.25, -0.2) is 8.42 Å². The van der Waals surface area contributed by atoms with Gasteiger partial charge in [0.15, 0.2) is 0 Å². The number of hydrogen-bond acceptors (Lipinski definition) is 6. The predicted octanol–water partition coefficient (Wildman–Crippen LogP) is 3.74. The third kappa shape index (κ3) is 6.55. The highest BCUT2D eigenvalue weighted by atomic mass is 35.5. The summed E-state index contributed by atoms with van der Waals surface area (Å²) < 4.78 is 34.2. The molecule has 11 heteroatoms. The number of hydrogen-bond donors (Lipinski definition) is 1. The molecule has 0 radical (unpaired) electrons. The van der Waals surface area contributed by atoms with Crippen LogP contribution in [-0.2, 0) is 35.8 Å². The van der Waals surface area contributed by atoms with Gasteiger partial charge in [-0.1, -0.05) is 54.1 Å². The molecule has 3 aromatic carbocycles. The quantitative estimate of drug-likeness (QED) is 0.396. The highest BCUT2D eigenvalue weighted by Crippen LogP contribution is 2.25. The van der Waals surface area contributed by atoms with Crippen LogP contribution in [0.3, 0.4) is 0 Å². The van der Waals surface area contributed by atoms with E-state index in [0.29, 0.717) is 29.8 Å². The smallest absolute Gasteiger partial charge is 0.311 e. The van der Waals surface area contributed by atoms with E-state index < -0.39 is 33.9 Å². The highest BCUT2D eigenvalue weighted by molar-refractivity contribution is 7.89. The molecule has 9 nitrogen and oxygen atoms in total. The van der Waals surface area contributed by atoms with E-state index >= 15 is 0 Å². The van der Waals surface area contributed by atoms with Crippen molar-refractivity contribution in [3.05, 3.63) is 77.3 Å². The molecule has 0 unspecified atom stereocenters. The fourth-order valence-corrected chi connectivity index (χ4v) is 6.87. The summed E-state index contributed by atoms with van der Waals surface area (Å²) in [6.07, 6.45) is 1.52. The van der Waals surface area contributed by atoms with Crippen LogP contribution < -0.4 is 4.72 Å². The van der Waals surface area contributed by atoms with Crippen LogP contribution in [0, 0.1) is 5.92 Å². The molecule has 1 N–H and O–H groups in total. The Bertz CT molecular complexity index is 1560. The van der Waals surface area contributed by atoms with Gasteiger partial charge in [0.1, 0.15) is 18.7 Å². The summed E-state index contributed by atoms with van der Waals surface area (Å²) in [6.45, 7) is 2.76. The first-order valence-electron chi connectivity index (χ1n) is 13.6. The molecule has 216 valence electrons. The normalized spacial score (nSPS) is 20.3. The summed E-state index contributed by atoms with van der Waals surface area (Å²) in [7, 11) is -3.99. The zero-order valence-electron chi connectivity index (χ0n) is 22.7. The molecule has 0 spiro atoms. The van der Waals surface area contributed by atoms with E-state index in [-0.39, 0.29) is 42.9 Å². The van der Waals surface area contributed by atoms with Crippen LogP contribution in [0.2, 0.25) is 5.02 Å². The van der Waals surface area contributed by atoms with Crippen molar-refractivity contribution in [1.29, 1.82) is 0 Å². The van der Waals surface area contributed by atoms with Gasteiger partial charge in [-0.05, 0) is 66.8 Å². The van der Waals surface area contributed by atoms with Crippen molar-refractivity contribution >= 4 is 50.2 Å². The van der Waals surface area contributed by atoms with Crippen LogP contribution in [0.1, 0.15) is 31.7 Å². The van der Waals surface area contributed by atoms with Gasteiger partial charge in [0.05, 0.1) is 10.8 Å². The van der Waals surface area contributed by atoms with Crippen molar-refractivity contribution in [3.63, 3.8) is 0 Å². The lowest BCUT2D eigenvalue weighted by molar-refractivity contribution is -0.154. The monoisotopic (exact) mass is 597 g/mol. The van der Waals surface area contributed by atoms with Gasteiger partial charge in [0.2, 0.25) is 21.8 Å². The molecule has 0 saturated carbocycles. The van der Waals surface area contributed by atoms with Gasteiger partial charge in [-0.15, -0.1) is 0 Å². The SMILES string of the molecule is C[C@@H](C(=O)N1CCC[C@H](C(=O)OCc2ccccc2)C1)N1CC[C@H](NS(=O)(=O)c2ccc3cc(Cl)ccc3c2)C1=O. The first-order valence-corrected chi connectivity index (χ1v) is 15.5. The molecule has 2 amide bonds. The van der Waals surface area contributed by atoms with Gasteiger partial charge in [-0.2, -0.15) is 4.72 Å². The molecule has 0 aliphatic carbocycles. The van der Waals surface area contributed by atoms with Crippen LogP contribution >= 0.6 is 11.6 Å². The number of nitrogens with one attached hydrogen (secondary N) is 1. The fraction of sp³-hybridized carbons (Fsp3) is 0.367. The number of nitrogens with zero attached hydrogens (tertiary/aromatic N) is 2. The van der Waals surface area contributed by atoms with E-state index in [0.717, 1.165) is 10.9 Å². The van der Waals surface area contributed by atoms with Crippen molar-refractivity contribution in [1.82, 2.24) is 14.5 Å². The van der Waals surface area contributed by atoms with Crippen molar-refractivity contribution in [3.8, 4) is 0 Å². The lowest BCUT2D eigenvalue weighted by Crippen LogP contribution is -2.53. The summed E-state index contributed by atoms with van der Waals surface area (Å²) >= 11 is 6.02. The second kappa shape index (κ2) is 12.2. The number of amides is 2. The van der Waals surface area contributed by atoms with Gasteiger partial charge < -0.3 is 14.5 Å². The number of piperidine rings is 1. The van der Waals surface area contributed by atoms with Crippen LogP contribution in [0.15, 0.2) is 71.6 Å². The lowest BCUT2D eigenvalue weighted by atomic mass is 9.97. The molecule has 2 fully saturated rings. The van der Waals surface area contributed by atoms with Crippen LogP contribution in [-0.4, -0.2) is 67.7 Å². The van der Waals surface area contributed by atoms with Crippen molar-refractivity contribution in [2.75, 3.05) is 19.6 Å². The molecule has 5 rings (SSSR count). The second-order valence-electron chi connectivity index (χ2n) is 10.5. The molecule has 3 atom stereocenters. The fourth-order valence-electron chi connectivity index (χ4n) is 5.43. The van der Waals surface area contributed by atoms with Crippen LogP contribution in [0.4, 0.5) is 0 Å². The minimum Gasteiger partial charge on any atom is -0.461 e. The Balaban J connectivity index is 1.18. The summed E-state index contributed by atoms with van der Waals surface area (Å²) in [6, 6.07) is 17.5. The largest absolute Gasteiger partial charge is 0.461 e. The average Bonchev–Trinajstić information content (AvgIpc) is 3.34. The predicted molar refractivity (Wildman–Crippen MR) is 154 cm³/mol. The number of carbonyl (C=O) groups is 3. The average molecular weight is 598 g/mol. The molecule has 2 aliphatic rings. The van der Waals surface area contributed by atoms with E-state index in [4.69, 9.17) is 16.3 Å². The van der Waals surface area contributed by atoms with Gasteiger partial charge in [0, 0.05) is 24.7 Å². The molecule has 3 aromatic rings. The Morgan fingerprint density at radius 2 is 1.76 bits per heavy atom. The zero-order valence-corrected chi connectivity index (χ0v) is 24.2. The maximum Gasteiger partial charge on any atom is 0.311 e. The Kier molecular flexibility index (Phi) is 8.63. The molecule has 0 bridgehead atoms. The summed E-state index contributed by atoms with van der Waals surface area (Å²) in [5, 5.41) is 2.06. The van der Waals surface area contributed by atoms with E-state index in [2.05, 4.69) is 4.72 Å². The summed E-state index contributed by atoms with van der Waals surface area (Å²) in [5.41, 5.74) is 0.890. The first kappa shape index (κ1) is 29.0. The number of carbonyl (C=O) groups excluding carboxylic acids is 3. The number of fused-ring (bicyclic) bond motifs is 1. The topological polar surface area (TPSA) is 113 Å². The van der Waals surface area contributed by atoms with Crippen molar-refractivity contribution in [2.24, 2.45) is 5.92 Å². The standard InChI is InChI=1S/C30H32ClN3O6S/c1-20(28(35)33-14-5-8-24(18-33)30(37)40-19-21-6-3-2-4-7-21)34-15-13-27(29(34)36)32-41(38,39)26-12-10-22-16-25(31)11-9-23(22)17-26/h2-4,6-7,9-12,16-17,20,24,27,32H,5,8,13-15,18-19H2,1H3/t20-,24-,27-/m0/s1. The molecule has 0 aromatic heterocycles. The van der Waals surface area contributed by atoms with Crippen molar-refractivity contribution < 1.29 is 27.5 Å². The Morgan fingerprint density at radius 1 is 1.02 bits per heavy atom. The number of esters is 1. The molecule has 2 saturated heterocycles. The summed E-state index contributed by atoms with van der Waals surface area (Å²) in [5.74, 6) is -1.49. The Hall–Kier alpha value is -3.47. The minimum absolute atomic E-state index is 0.0428. The lowest BCUT2D eigenvalue weighted by Gasteiger charge is -2.35. The zero-order chi connectivity index (χ0) is 29.1. The maximum atomic E-state index is 13.4. The van der Waals surface area contributed by atoms with Gasteiger partial charge >= 0.3 is 5.97 Å². The number of likely N-dealkylation sites (tertiary alicyclic amines) is 2. The van der Waals surface area contributed by atoms with E-state index in [1.807, 2.05) is 30.3 Å². The molecule has 2 aliphatic heterocycles. The number of sulfonamides is 1. The Morgan fingerprint density at radius 3 is 2.54 bits per heavy atom. The van der Waals surface area contributed by atoms with Crippen LogP contribution in [0.5, 0.6) is 0 Å². The van der Waals surface area contributed by atoms with Crippen LogP contribution in [0.25, 0.3) is 10.8 Å². The third-order valence-corrected chi connectivity index (χ3v) is 9.44. The van der Waals surface area contributed by atoms with Gasteiger partial charge in [-0.3, -0.25) is 14.4 Å². The molecule has 41 heavy (non-hydrogen) atoms. The summed E-state index contributed by atoms with van der Waals surface area (Å²) in [4.78, 5) is 42.4. The number of rotatable bonds is 8. The molecular formula is C30H32ClN3O6S. The number of benzene rings is 3. The first-order chi connectivity index (χ1) is 19.6. The van der Waals surface area contributed by atoms with Crippen molar-refractivity contribution in [2.45, 2.75) is 49.8 Å². The third-order valence-electron chi connectivity index (χ3n) is 7.74. The molecular weight excluding hydrogens is 566 g/mol. The van der Waals surface area contributed by atoms with E-state index in [1.165, 1.54) is 17.0 Å². The van der Waals surface area contributed by atoms with E-state index in [9.17, 15) is 22.8 Å². The van der Waals surface area contributed by atoms with E-state index in [1.54, 1.807) is 36.1 Å². The number of ether oxygens (including phenoxy) is 1. The number of halogens is 1. The molecule has 2 heterocycles. The second-order valence-corrected chi connectivity index (χ2v) is 12.7. The van der Waals surface area contributed by atoms with Gasteiger partial charge in [0.25, 0.3) is 0 Å². The Labute approximate surface area is 244 Å². The minimum atomic E-state index is -3.99. The highest BCUT2D eigenvalue weighted by Gasteiger charge is 2.41.